The quantitative estimate of drug-likeness (QED) is 0.168. The molecule has 2 fully saturated rings. The fraction of sp³-hybridized carbons (Fsp3) is 0.325. The van der Waals surface area contributed by atoms with Crippen LogP contribution in [0, 0.1) is 0 Å². The Bertz CT molecular complexity index is 1790. The summed E-state index contributed by atoms with van der Waals surface area (Å²) in [5.74, 6) is -1.02. The third-order valence-corrected chi connectivity index (χ3v) is 9.45. The lowest BCUT2D eigenvalue weighted by molar-refractivity contribution is -0.253. The van der Waals surface area contributed by atoms with Crippen LogP contribution < -0.4 is 10.2 Å². The summed E-state index contributed by atoms with van der Waals surface area (Å²) >= 11 is 0. The summed E-state index contributed by atoms with van der Waals surface area (Å²) in [5, 5.41) is 23.2. The first-order chi connectivity index (χ1) is 24.7. The number of alkyl carbamates (subject to hydrolysis) is 1. The molecule has 11 nitrogen and oxygen atoms in total. The molecule has 51 heavy (non-hydrogen) atoms. The van der Waals surface area contributed by atoms with Gasteiger partial charge in [-0.1, -0.05) is 97.1 Å². The number of hydrogen-bond acceptors (Lipinski definition) is 9. The Hall–Kier alpha value is -4.91. The molecule has 0 saturated carbocycles. The Morgan fingerprint density at radius 3 is 2.33 bits per heavy atom. The van der Waals surface area contributed by atoms with Crippen molar-refractivity contribution in [2.45, 2.75) is 69.7 Å². The van der Waals surface area contributed by atoms with Gasteiger partial charge in [0, 0.05) is 24.6 Å². The van der Waals surface area contributed by atoms with Crippen molar-refractivity contribution in [2.24, 2.45) is 0 Å². The first-order valence-corrected chi connectivity index (χ1v) is 17.1. The molecule has 0 spiro atoms. The number of aliphatic hydroxyl groups is 2. The molecule has 6 unspecified atom stereocenters. The van der Waals surface area contributed by atoms with Crippen LogP contribution in [0.2, 0.25) is 0 Å². The van der Waals surface area contributed by atoms with Gasteiger partial charge in [0.25, 0.3) is 5.91 Å². The second-order valence-corrected chi connectivity index (χ2v) is 13.0. The minimum absolute atomic E-state index is 0.0323. The van der Waals surface area contributed by atoms with Gasteiger partial charge in [0.15, 0.2) is 6.29 Å². The van der Waals surface area contributed by atoms with Crippen molar-refractivity contribution in [3.63, 3.8) is 0 Å². The van der Waals surface area contributed by atoms with E-state index < -0.39 is 36.3 Å². The van der Waals surface area contributed by atoms with Gasteiger partial charge in [0.05, 0.1) is 37.0 Å². The van der Waals surface area contributed by atoms with Gasteiger partial charge in [-0.25, -0.2) is 9.69 Å². The SMILES string of the molecule is CC(C(O)c1ccccc1)N(C)CC1CC(c2ccc(CO)cc2)OC(c2cccc(N3C(=O)CC(NC(=O)OCc4ccccc4)C3=O)c2)O1. The number of carbonyl (C=O) groups excluding carboxylic acids is 3. The average Bonchev–Trinajstić information content (AvgIpc) is 3.45. The van der Waals surface area contributed by atoms with Crippen LogP contribution >= 0.6 is 0 Å². The molecule has 266 valence electrons. The monoisotopic (exact) mass is 693 g/mol. The van der Waals surface area contributed by atoms with E-state index in [1.165, 1.54) is 0 Å². The molecule has 2 aliphatic rings. The Labute approximate surface area is 297 Å². The van der Waals surface area contributed by atoms with Crippen LogP contribution in [0.4, 0.5) is 10.5 Å². The normalized spacial score (nSPS) is 21.8. The van der Waals surface area contributed by atoms with Crippen molar-refractivity contribution in [1.29, 1.82) is 0 Å². The summed E-state index contributed by atoms with van der Waals surface area (Å²) < 4.78 is 18.3. The van der Waals surface area contributed by atoms with E-state index in [2.05, 4.69) is 10.2 Å². The highest BCUT2D eigenvalue weighted by Gasteiger charge is 2.41. The number of rotatable bonds is 12. The van der Waals surface area contributed by atoms with Gasteiger partial charge in [-0.2, -0.15) is 0 Å². The number of carbonyl (C=O) groups is 3. The van der Waals surface area contributed by atoms with E-state index in [4.69, 9.17) is 14.2 Å². The van der Waals surface area contributed by atoms with Crippen LogP contribution in [0.15, 0.2) is 109 Å². The number of aliphatic hydroxyl groups excluding tert-OH is 2. The molecule has 3 amide bonds. The molecule has 4 aromatic rings. The Morgan fingerprint density at radius 2 is 1.63 bits per heavy atom. The first-order valence-electron chi connectivity index (χ1n) is 17.1. The zero-order valence-electron chi connectivity index (χ0n) is 28.6. The van der Waals surface area contributed by atoms with E-state index >= 15 is 0 Å². The molecule has 2 aliphatic heterocycles. The molecule has 6 atom stereocenters. The number of ether oxygens (including phenoxy) is 3. The van der Waals surface area contributed by atoms with Crippen LogP contribution in [0.1, 0.15) is 66.1 Å². The lowest BCUT2D eigenvalue weighted by Gasteiger charge is -2.39. The van der Waals surface area contributed by atoms with Crippen molar-refractivity contribution in [3.05, 3.63) is 137 Å². The van der Waals surface area contributed by atoms with Crippen molar-refractivity contribution in [2.75, 3.05) is 18.5 Å². The van der Waals surface area contributed by atoms with Crippen molar-refractivity contribution < 1.29 is 38.8 Å². The Kier molecular flexibility index (Phi) is 11.5. The molecule has 3 N–H and O–H groups in total. The number of imide groups is 1. The predicted octanol–water partition coefficient (Wildman–Crippen LogP) is 5.34. The summed E-state index contributed by atoms with van der Waals surface area (Å²) in [6, 6.07) is 31.9. The average molecular weight is 694 g/mol. The number of benzene rings is 4. The fourth-order valence-electron chi connectivity index (χ4n) is 6.42. The molecule has 11 heteroatoms. The van der Waals surface area contributed by atoms with E-state index in [0.29, 0.717) is 24.2 Å². The maximum atomic E-state index is 13.4. The molecule has 0 aromatic heterocycles. The maximum Gasteiger partial charge on any atom is 0.408 e. The maximum absolute atomic E-state index is 13.4. The largest absolute Gasteiger partial charge is 0.445 e. The molecule has 0 aliphatic carbocycles. The topological polar surface area (TPSA) is 138 Å². The number of likely N-dealkylation sites (N-methyl/N-ethyl adjacent to an activating group) is 1. The smallest absolute Gasteiger partial charge is 0.408 e. The molecule has 4 aromatic carbocycles. The van der Waals surface area contributed by atoms with E-state index in [1.54, 1.807) is 18.2 Å². The van der Waals surface area contributed by atoms with Gasteiger partial charge in [-0.05, 0) is 48.4 Å². The third-order valence-electron chi connectivity index (χ3n) is 9.45. The van der Waals surface area contributed by atoms with Crippen LogP contribution in [-0.4, -0.2) is 64.8 Å². The summed E-state index contributed by atoms with van der Waals surface area (Å²) in [4.78, 5) is 42.2. The van der Waals surface area contributed by atoms with Crippen LogP contribution in [0.3, 0.4) is 0 Å². The van der Waals surface area contributed by atoms with Crippen LogP contribution in [-0.2, 0) is 37.0 Å². The van der Waals surface area contributed by atoms with Gasteiger partial charge in [0.1, 0.15) is 12.6 Å². The molecule has 2 heterocycles. The highest BCUT2D eigenvalue weighted by molar-refractivity contribution is 6.22. The lowest BCUT2D eigenvalue weighted by atomic mass is 9.98. The summed E-state index contributed by atoms with van der Waals surface area (Å²) in [7, 11) is 1.95. The van der Waals surface area contributed by atoms with E-state index in [0.717, 1.165) is 27.2 Å². The predicted molar refractivity (Wildman–Crippen MR) is 189 cm³/mol. The molecule has 0 radical (unpaired) electrons. The zero-order chi connectivity index (χ0) is 35.9. The minimum atomic E-state index is -1.06. The molecule has 2 saturated heterocycles. The zero-order valence-corrected chi connectivity index (χ0v) is 28.6. The molecular formula is C40H43N3O8. The van der Waals surface area contributed by atoms with Crippen molar-refractivity contribution in [1.82, 2.24) is 10.2 Å². The Balaban J connectivity index is 1.17. The number of hydrogen-bond donors (Lipinski definition) is 3. The summed E-state index contributed by atoms with van der Waals surface area (Å²) in [6.45, 7) is 2.42. The van der Waals surface area contributed by atoms with E-state index in [1.807, 2.05) is 105 Å². The van der Waals surface area contributed by atoms with Crippen molar-refractivity contribution >= 4 is 23.6 Å². The van der Waals surface area contributed by atoms with Gasteiger partial charge in [-0.15, -0.1) is 0 Å². The number of amides is 3. The third kappa shape index (κ3) is 8.70. The van der Waals surface area contributed by atoms with Gasteiger partial charge in [0.2, 0.25) is 5.91 Å². The number of nitrogens with one attached hydrogen (secondary N) is 1. The minimum Gasteiger partial charge on any atom is -0.445 e. The molecule has 6 rings (SSSR count). The second-order valence-electron chi connectivity index (χ2n) is 13.0. The standard InChI is InChI=1S/C40H43N3O8/c1-26(37(46)30-12-7-4-8-13-30)42(2)23-33-21-35(29-18-16-27(24-44)17-19-29)51-39(50-33)31-14-9-15-32(20-31)43-36(45)22-34(38(43)47)41-40(48)49-25-28-10-5-3-6-11-28/h3-20,26,33-35,37,39,44,46H,21-25H2,1-2H3,(H,41,48). The van der Waals surface area contributed by atoms with Crippen molar-refractivity contribution in [3.8, 4) is 0 Å². The van der Waals surface area contributed by atoms with Gasteiger partial charge in [-0.3, -0.25) is 14.5 Å². The lowest BCUT2D eigenvalue weighted by Crippen LogP contribution is -2.43. The van der Waals surface area contributed by atoms with Crippen LogP contribution in [0.25, 0.3) is 0 Å². The Morgan fingerprint density at radius 1 is 0.922 bits per heavy atom. The van der Waals surface area contributed by atoms with Gasteiger partial charge < -0.3 is 29.7 Å². The van der Waals surface area contributed by atoms with Crippen LogP contribution in [0.5, 0.6) is 0 Å². The molecule has 0 bridgehead atoms. The summed E-state index contributed by atoms with van der Waals surface area (Å²) in [5.41, 5.74) is 4.26. The van der Waals surface area contributed by atoms with E-state index in [9.17, 15) is 24.6 Å². The summed E-state index contributed by atoms with van der Waals surface area (Å²) in [6.07, 6.45) is -2.68. The number of nitrogens with zero attached hydrogens (tertiary/aromatic N) is 2. The first kappa shape index (κ1) is 35.9. The van der Waals surface area contributed by atoms with Gasteiger partial charge >= 0.3 is 6.09 Å². The number of anilines is 1. The van der Waals surface area contributed by atoms with E-state index in [-0.39, 0.29) is 37.9 Å². The fourth-order valence-corrected chi connectivity index (χ4v) is 6.42. The highest BCUT2D eigenvalue weighted by Crippen LogP contribution is 2.39. The second kappa shape index (κ2) is 16.4. The highest BCUT2D eigenvalue weighted by atomic mass is 16.7. The molecular weight excluding hydrogens is 650 g/mol.